The molecule has 1 rings (SSSR count). The Balaban J connectivity index is 2.24. The maximum Gasteiger partial charge on any atom is 0.137 e. The smallest absolute Gasteiger partial charge is 0.137 e. The lowest BCUT2D eigenvalue weighted by atomic mass is 9.94. The van der Waals surface area contributed by atoms with Crippen LogP contribution < -0.4 is 5.73 Å². The number of Topliss-reactive ketones (excluding diaryl/α,β-unsaturated/α-hetero) is 1. The number of hydrogen-bond acceptors (Lipinski definition) is 3. The largest absolute Gasteiger partial charge is 0.472 e. The molecule has 16 heavy (non-hydrogen) atoms. The second-order valence-corrected chi connectivity index (χ2v) is 4.24. The third-order valence-electron chi connectivity index (χ3n) is 2.97. The Labute approximate surface area is 97.0 Å². The van der Waals surface area contributed by atoms with Crippen LogP contribution in [0.3, 0.4) is 0 Å². The number of ketones is 1. The lowest BCUT2D eigenvalue weighted by Crippen LogP contribution is -2.11. The van der Waals surface area contributed by atoms with Crippen LogP contribution in [0, 0.1) is 5.92 Å². The fourth-order valence-corrected chi connectivity index (χ4v) is 1.86. The van der Waals surface area contributed by atoms with Crippen molar-refractivity contribution < 1.29 is 9.21 Å². The zero-order valence-electron chi connectivity index (χ0n) is 9.95. The zero-order valence-corrected chi connectivity index (χ0v) is 9.95. The molecule has 0 aromatic carbocycles. The van der Waals surface area contributed by atoms with E-state index in [0.717, 1.165) is 24.8 Å². The first-order valence-corrected chi connectivity index (χ1v) is 5.99. The fraction of sp³-hybridized carbons (Fsp3) is 0.615. The maximum atomic E-state index is 11.7. The summed E-state index contributed by atoms with van der Waals surface area (Å²) in [6.45, 7) is 2.87. The quantitative estimate of drug-likeness (QED) is 0.736. The van der Waals surface area contributed by atoms with Crippen molar-refractivity contribution in [2.75, 3.05) is 6.54 Å². The minimum atomic E-state index is 0.289. The van der Waals surface area contributed by atoms with E-state index in [2.05, 4.69) is 6.92 Å². The van der Waals surface area contributed by atoms with Gasteiger partial charge in [-0.25, -0.2) is 0 Å². The topological polar surface area (TPSA) is 56.2 Å². The van der Waals surface area contributed by atoms with E-state index >= 15 is 0 Å². The lowest BCUT2D eigenvalue weighted by molar-refractivity contribution is -0.118. The van der Waals surface area contributed by atoms with Gasteiger partial charge in [0.05, 0.1) is 12.5 Å². The maximum absolute atomic E-state index is 11.7. The summed E-state index contributed by atoms with van der Waals surface area (Å²) < 4.78 is 4.93. The average Bonchev–Trinajstić information content (AvgIpc) is 2.76. The monoisotopic (exact) mass is 223 g/mol. The van der Waals surface area contributed by atoms with E-state index in [1.165, 1.54) is 0 Å². The summed E-state index contributed by atoms with van der Waals surface area (Å²) >= 11 is 0. The van der Waals surface area contributed by atoms with Crippen LogP contribution in [0.25, 0.3) is 0 Å². The first-order valence-electron chi connectivity index (χ1n) is 5.99. The molecule has 90 valence electrons. The normalized spacial score (nSPS) is 12.6. The molecule has 3 nitrogen and oxygen atoms in total. The van der Waals surface area contributed by atoms with Gasteiger partial charge in [-0.2, -0.15) is 0 Å². The van der Waals surface area contributed by atoms with Gasteiger partial charge in [0.2, 0.25) is 0 Å². The summed E-state index contributed by atoms with van der Waals surface area (Å²) in [5.74, 6) is 0.884. The van der Waals surface area contributed by atoms with E-state index in [1.54, 1.807) is 12.5 Å². The summed E-state index contributed by atoms with van der Waals surface area (Å²) in [5.41, 5.74) is 6.49. The van der Waals surface area contributed by atoms with E-state index in [9.17, 15) is 4.79 Å². The summed E-state index contributed by atoms with van der Waals surface area (Å²) in [6.07, 6.45) is 7.48. The van der Waals surface area contributed by atoms with Gasteiger partial charge in [-0.1, -0.05) is 13.3 Å². The van der Waals surface area contributed by atoms with Crippen LogP contribution in [0.1, 0.15) is 38.2 Å². The highest BCUT2D eigenvalue weighted by molar-refractivity contribution is 5.80. The molecule has 0 aliphatic rings. The Hall–Kier alpha value is -1.09. The van der Waals surface area contributed by atoms with Gasteiger partial charge in [-0.3, -0.25) is 4.79 Å². The summed E-state index contributed by atoms with van der Waals surface area (Å²) in [6, 6.07) is 1.84. The average molecular weight is 223 g/mol. The van der Waals surface area contributed by atoms with Gasteiger partial charge in [0.1, 0.15) is 5.78 Å². The summed E-state index contributed by atoms with van der Waals surface area (Å²) in [7, 11) is 0. The predicted molar refractivity (Wildman–Crippen MR) is 64.1 cm³/mol. The van der Waals surface area contributed by atoms with Crippen LogP contribution in [-0.2, 0) is 11.2 Å². The molecule has 0 bridgehead atoms. The molecule has 1 aromatic heterocycles. The van der Waals surface area contributed by atoms with Gasteiger partial charge in [0, 0.05) is 12.8 Å². The van der Waals surface area contributed by atoms with E-state index in [0.29, 0.717) is 25.3 Å². The molecule has 0 saturated carbocycles. The molecule has 1 unspecified atom stereocenters. The van der Waals surface area contributed by atoms with Crippen molar-refractivity contribution in [3.05, 3.63) is 24.2 Å². The zero-order chi connectivity index (χ0) is 11.8. The summed E-state index contributed by atoms with van der Waals surface area (Å²) in [5, 5.41) is 0. The molecule has 0 amide bonds. The number of hydrogen-bond donors (Lipinski definition) is 1. The molecular weight excluding hydrogens is 202 g/mol. The first-order chi connectivity index (χ1) is 7.76. The molecule has 0 aliphatic carbocycles. The Kier molecular flexibility index (Phi) is 5.86. The van der Waals surface area contributed by atoms with Crippen LogP contribution in [0.15, 0.2) is 23.0 Å². The van der Waals surface area contributed by atoms with Gasteiger partial charge in [0.25, 0.3) is 0 Å². The number of nitrogens with two attached hydrogens (primary N) is 1. The number of carbonyl (C=O) groups excluding carboxylic acids is 1. The molecule has 0 fully saturated rings. The van der Waals surface area contributed by atoms with E-state index in [-0.39, 0.29) is 5.78 Å². The van der Waals surface area contributed by atoms with Crippen LogP contribution in [0.4, 0.5) is 0 Å². The highest BCUT2D eigenvalue weighted by atomic mass is 16.3. The summed E-state index contributed by atoms with van der Waals surface area (Å²) in [4.78, 5) is 11.7. The van der Waals surface area contributed by atoms with Gasteiger partial charge in [-0.15, -0.1) is 0 Å². The third-order valence-corrected chi connectivity index (χ3v) is 2.97. The molecule has 2 N–H and O–H groups in total. The molecule has 0 spiro atoms. The Morgan fingerprint density at radius 1 is 1.50 bits per heavy atom. The van der Waals surface area contributed by atoms with Crippen molar-refractivity contribution >= 4 is 5.78 Å². The molecule has 1 heterocycles. The molecular formula is C13H21NO2. The van der Waals surface area contributed by atoms with Crippen LogP contribution in [-0.4, -0.2) is 12.3 Å². The van der Waals surface area contributed by atoms with Crippen molar-refractivity contribution in [3.8, 4) is 0 Å². The van der Waals surface area contributed by atoms with Gasteiger partial charge >= 0.3 is 0 Å². The minimum Gasteiger partial charge on any atom is -0.472 e. The molecule has 0 radical (unpaired) electrons. The van der Waals surface area contributed by atoms with E-state index in [1.807, 2.05) is 6.07 Å². The Morgan fingerprint density at radius 2 is 2.31 bits per heavy atom. The molecule has 3 heteroatoms. The Bertz CT molecular complexity index is 293. The second-order valence-electron chi connectivity index (χ2n) is 4.24. The van der Waals surface area contributed by atoms with Crippen molar-refractivity contribution in [3.63, 3.8) is 0 Å². The Morgan fingerprint density at radius 3 is 2.88 bits per heavy atom. The van der Waals surface area contributed by atoms with Crippen molar-refractivity contribution in [2.24, 2.45) is 11.7 Å². The van der Waals surface area contributed by atoms with Gasteiger partial charge < -0.3 is 10.2 Å². The van der Waals surface area contributed by atoms with Crippen LogP contribution in [0.5, 0.6) is 0 Å². The van der Waals surface area contributed by atoms with Crippen molar-refractivity contribution in [1.29, 1.82) is 0 Å². The lowest BCUT2D eigenvalue weighted by Gasteiger charge is -2.12. The minimum absolute atomic E-state index is 0.289. The third kappa shape index (κ3) is 4.62. The highest BCUT2D eigenvalue weighted by Crippen LogP contribution is 2.15. The van der Waals surface area contributed by atoms with Crippen molar-refractivity contribution in [2.45, 2.75) is 39.0 Å². The number of carbonyl (C=O) groups is 1. The van der Waals surface area contributed by atoms with Gasteiger partial charge in [0.15, 0.2) is 0 Å². The standard InChI is InChI=1S/C13H21NO2/c1-2-11(5-7-14)3-4-13(15)9-12-6-8-16-10-12/h6,8,10-11H,2-5,7,9,14H2,1H3. The van der Waals surface area contributed by atoms with E-state index in [4.69, 9.17) is 10.2 Å². The second kappa shape index (κ2) is 7.23. The first kappa shape index (κ1) is 13.0. The SMILES string of the molecule is CCC(CCN)CCC(=O)Cc1ccoc1. The molecule has 1 atom stereocenters. The molecule has 1 aromatic rings. The van der Waals surface area contributed by atoms with Crippen LogP contribution in [0.2, 0.25) is 0 Å². The number of furan rings is 1. The van der Waals surface area contributed by atoms with Gasteiger partial charge in [-0.05, 0) is 36.9 Å². The molecule has 0 aliphatic heterocycles. The van der Waals surface area contributed by atoms with E-state index < -0.39 is 0 Å². The highest BCUT2D eigenvalue weighted by Gasteiger charge is 2.10. The fourth-order valence-electron chi connectivity index (χ4n) is 1.86. The van der Waals surface area contributed by atoms with Crippen molar-refractivity contribution in [1.82, 2.24) is 0 Å². The predicted octanol–water partition coefficient (Wildman–Crippen LogP) is 2.55. The number of rotatable bonds is 8. The van der Waals surface area contributed by atoms with Crippen LogP contribution >= 0.6 is 0 Å². The molecule has 0 saturated heterocycles.